The van der Waals surface area contributed by atoms with E-state index >= 15 is 0 Å². The van der Waals surface area contributed by atoms with E-state index in [0.29, 0.717) is 11.3 Å². The summed E-state index contributed by atoms with van der Waals surface area (Å²) in [7, 11) is 2.70. The molecule has 0 aliphatic heterocycles. The Morgan fingerprint density at radius 1 is 1.37 bits per heavy atom. The summed E-state index contributed by atoms with van der Waals surface area (Å²) in [5.41, 5.74) is 1.23. The Hall–Kier alpha value is -2.08. The minimum absolute atomic E-state index is 0.338. The minimum atomic E-state index is -1.08. The highest BCUT2D eigenvalue weighted by molar-refractivity contribution is 5.97. The number of benzene rings is 1. The Balaban J connectivity index is 2.85. The lowest BCUT2D eigenvalue weighted by Crippen LogP contribution is -2.44. The number of nitrogens with one attached hydrogen (secondary N) is 1. The summed E-state index contributed by atoms with van der Waals surface area (Å²) in [5, 5.41) is 11.4. The molecule has 1 amide bonds. The van der Waals surface area contributed by atoms with E-state index in [4.69, 9.17) is 9.84 Å². The summed E-state index contributed by atoms with van der Waals surface area (Å²) in [6.45, 7) is 1.33. The topological polar surface area (TPSA) is 84.9 Å². The van der Waals surface area contributed by atoms with Gasteiger partial charge in [-0.15, -0.1) is 0 Å². The van der Waals surface area contributed by atoms with Crippen molar-refractivity contribution in [1.82, 2.24) is 5.32 Å². The number of carbonyl (C=O) groups excluding carboxylic acids is 2. The quantitative estimate of drug-likeness (QED) is 0.748. The van der Waals surface area contributed by atoms with Gasteiger partial charge in [-0.25, -0.2) is 4.79 Å². The van der Waals surface area contributed by atoms with Crippen LogP contribution in [-0.4, -0.2) is 43.9 Å². The van der Waals surface area contributed by atoms with Gasteiger partial charge in [0.25, 0.3) is 5.91 Å². The van der Waals surface area contributed by atoms with E-state index in [1.54, 1.807) is 18.2 Å². The fraction of sp³-hybridized carbons (Fsp3) is 0.385. The van der Waals surface area contributed by atoms with E-state index in [1.165, 1.54) is 14.2 Å². The molecule has 0 heterocycles. The Morgan fingerprint density at radius 3 is 2.58 bits per heavy atom. The molecule has 0 aromatic heterocycles. The van der Waals surface area contributed by atoms with E-state index in [1.807, 2.05) is 6.92 Å². The number of aryl methyl sites for hydroxylation is 1. The van der Waals surface area contributed by atoms with Crippen molar-refractivity contribution in [3.05, 3.63) is 29.3 Å². The van der Waals surface area contributed by atoms with Crippen molar-refractivity contribution in [2.45, 2.75) is 13.0 Å². The van der Waals surface area contributed by atoms with Crippen molar-refractivity contribution in [2.75, 3.05) is 20.8 Å². The summed E-state index contributed by atoms with van der Waals surface area (Å²) in [4.78, 5) is 23.2. The van der Waals surface area contributed by atoms with Gasteiger partial charge in [0.2, 0.25) is 0 Å². The van der Waals surface area contributed by atoms with Crippen molar-refractivity contribution < 1.29 is 24.2 Å². The van der Waals surface area contributed by atoms with Gasteiger partial charge in [-0.2, -0.15) is 0 Å². The average molecular weight is 267 g/mol. The van der Waals surface area contributed by atoms with Crippen molar-refractivity contribution in [3.63, 3.8) is 0 Å². The van der Waals surface area contributed by atoms with Crippen LogP contribution in [0.25, 0.3) is 0 Å². The number of ether oxygens (including phenoxy) is 2. The van der Waals surface area contributed by atoms with Gasteiger partial charge in [0.05, 0.1) is 20.8 Å². The van der Waals surface area contributed by atoms with Crippen LogP contribution in [0.4, 0.5) is 0 Å². The molecule has 2 N–H and O–H groups in total. The average Bonchev–Trinajstić information content (AvgIpc) is 2.44. The van der Waals surface area contributed by atoms with Gasteiger partial charge in [-0.05, 0) is 24.6 Å². The summed E-state index contributed by atoms with van der Waals surface area (Å²) >= 11 is 0. The maximum Gasteiger partial charge on any atom is 0.330 e. The van der Waals surface area contributed by atoms with Gasteiger partial charge < -0.3 is 19.9 Å². The fourth-order valence-electron chi connectivity index (χ4n) is 1.52. The number of hydrogen-bond donors (Lipinski definition) is 2. The van der Waals surface area contributed by atoms with E-state index in [9.17, 15) is 9.59 Å². The third kappa shape index (κ3) is 3.69. The van der Waals surface area contributed by atoms with Gasteiger partial charge in [-0.1, -0.05) is 6.07 Å². The molecule has 1 rings (SSSR count). The van der Waals surface area contributed by atoms with Gasteiger partial charge in [0.1, 0.15) is 5.75 Å². The standard InChI is InChI=1S/C13H17NO5/c1-8-4-5-9(6-11(8)18-2)12(16)14-10(7-15)13(17)19-3/h4-6,10,15H,7H2,1-3H3,(H,14,16)/t10-/m0/s1. The molecule has 0 radical (unpaired) electrons. The zero-order chi connectivity index (χ0) is 14.4. The van der Waals surface area contributed by atoms with E-state index < -0.39 is 24.5 Å². The molecule has 0 aliphatic carbocycles. The van der Waals surface area contributed by atoms with Crippen LogP contribution in [0.1, 0.15) is 15.9 Å². The van der Waals surface area contributed by atoms with E-state index in [-0.39, 0.29) is 0 Å². The number of methoxy groups -OCH3 is 2. The first kappa shape index (κ1) is 15.0. The number of amides is 1. The molecule has 0 aliphatic rings. The Labute approximate surface area is 111 Å². The van der Waals surface area contributed by atoms with Crippen LogP contribution in [-0.2, 0) is 9.53 Å². The normalized spacial score (nSPS) is 11.6. The molecule has 0 bridgehead atoms. The third-order valence-corrected chi connectivity index (χ3v) is 2.64. The molecular formula is C13H17NO5. The number of aliphatic hydroxyl groups excluding tert-OH is 1. The van der Waals surface area contributed by atoms with Crippen LogP contribution >= 0.6 is 0 Å². The summed E-state index contributed by atoms with van der Waals surface area (Å²) in [6.07, 6.45) is 0. The van der Waals surface area contributed by atoms with Gasteiger partial charge in [0.15, 0.2) is 6.04 Å². The SMILES string of the molecule is COC(=O)[C@H](CO)NC(=O)c1ccc(C)c(OC)c1. The molecule has 1 aromatic carbocycles. The molecule has 1 aromatic rings. The third-order valence-electron chi connectivity index (χ3n) is 2.64. The summed E-state index contributed by atoms with van der Waals surface area (Å²) in [6, 6.07) is 3.83. The molecule has 6 heteroatoms. The van der Waals surface area contributed by atoms with Crippen molar-refractivity contribution >= 4 is 11.9 Å². The number of carbonyl (C=O) groups is 2. The smallest absolute Gasteiger partial charge is 0.330 e. The van der Waals surface area contributed by atoms with Crippen molar-refractivity contribution in [3.8, 4) is 5.75 Å². The van der Waals surface area contributed by atoms with Gasteiger partial charge in [-0.3, -0.25) is 4.79 Å². The van der Waals surface area contributed by atoms with Crippen LogP contribution in [0.3, 0.4) is 0 Å². The predicted molar refractivity (Wildman–Crippen MR) is 68.1 cm³/mol. The van der Waals surface area contributed by atoms with Crippen molar-refractivity contribution in [1.29, 1.82) is 0 Å². The molecule has 0 saturated heterocycles. The largest absolute Gasteiger partial charge is 0.496 e. The number of esters is 1. The van der Waals surface area contributed by atoms with Crippen LogP contribution in [0.15, 0.2) is 18.2 Å². The number of hydrogen-bond acceptors (Lipinski definition) is 5. The summed E-state index contributed by atoms with van der Waals surface area (Å²) < 4.78 is 9.58. The second-order valence-corrected chi connectivity index (χ2v) is 3.92. The lowest BCUT2D eigenvalue weighted by molar-refractivity contribution is -0.143. The lowest BCUT2D eigenvalue weighted by atomic mass is 10.1. The first-order valence-corrected chi connectivity index (χ1v) is 5.67. The van der Waals surface area contributed by atoms with E-state index in [2.05, 4.69) is 10.1 Å². The Bertz CT molecular complexity index is 472. The first-order chi connectivity index (χ1) is 9.03. The Kier molecular flexibility index (Phi) is 5.32. The molecule has 104 valence electrons. The molecule has 0 spiro atoms. The highest BCUT2D eigenvalue weighted by atomic mass is 16.5. The van der Waals surface area contributed by atoms with Gasteiger partial charge in [0, 0.05) is 5.56 Å². The molecule has 1 atom stereocenters. The monoisotopic (exact) mass is 267 g/mol. The zero-order valence-electron chi connectivity index (χ0n) is 11.1. The van der Waals surface area contributed by atoms with Crippen molar-refractivity contribution in [2.24, 2.45) is 0 Å². The van der Waals surface area contributed by atoms with E-state index in [0.717, 1.165) is 5.56 Å². The number of aliphatic hydroxyl groups is 1. The van der Waals surface area contributed by atoms with Gasteiger partial charge >= 0.3 is 5.97 Å². The molecule has 0 fully saturated rings. The zero-order valence-corrected chi connectivity index (χ0v) is 11.1. The molecule has 19 heavy (non-hydrogen) atoms. The maximum atomic E-state index is 11.9. The van der Waals surface area contributed by atoms with Crippen LogP contribution in [0.2, 0.25) is 0 Å². The Morgan fingerprint density at radius 2 is 2.05 bits per heavy atom. The second-order valence-electron chi connectivity index (χ2n) is 3.92. The predicted octanol–water partition coefficient (Wildman–Crippen LogP) is 0.267. The first-order valence-electron chi connectivity index (χ1n) is 5.67. The summed E-state index contributed by atoms with van der Waals surface area (Å²) in [5.74, 6) is -0.607. The molecular weight excluding hydrogens is 250 g/mol. The van der Waals surface area contributed by atoms with Crippen LogP contribution in [0, 0.1) is 6.92 Å². The molecule has 0 saturated carbocycles. The maximum absolute atomic E-state index is 11.9. The number of rotatable bonds is 5. The highest BCUT2D eigenvalue weighted by Crippen LogP contribution is 2.18. The highest BCUT2D eigenvalue weighted by Gasteiger charge is 2.21. The lowest BCUT2D eigenvalue weighted by Gasteiger charge is -2.14. The van der Waals surface area contributed by atoms with Crippen LogP contribution < -0.4 is 10.1 Å². The molecule has 6 nitrogen and oxygen atoms in total. The fourth-order valence-corrected chi connectivity index (χ4v) is 1.52. The minimum Gasteiger partial charge on any atom is -0.496 e. The van der Waals surface area contributed by atoms with Crippen LogP contribution in [0.5, 0.6) is 5.75 Å². The molecule has 0 unspecified atom stereocenters. The second kappa shape index (κ2) is 6.75.